The Kier molecular flexibility index (Phi) is 8.93. The van der Waals surface area contributed by atoms with Gasteiger partial charge in [0.2, 0.25) is 0 Å². The first-order valence-corrected chi connectivity index (χ1v) is 9.97. The molecule has 136 valence electrons. The van der Waals surface area contributed by atoms with Gasteiger partial charge in [0.25, 0.3) is 0 Å². The molecule has 1 atom stereocenters. The fourth-order valence-corrected chi connectivity index (χ4v) is 3.60. The van der Waals surface area contributed by atoms with Crippen molar-refractivity contribution in [3.8, 4) is 0 Å². The molecule has 1 unspecified atom stereocenters. The summed E-state index contributed by atoms with van der Waals surface area (Å²) in [6.45, 7) is 7.10. The first kappa shape index (κ1) is 19.6. The maximum absolute atomic E-state index is 10.3. The summed E-state index contributed by atoms with van der Waals surface area (Å²) in [6, 6.07) is 8.08. The van der Waals surface area contributed by atoms with Crippen LogP contribution in [0, 0.1) is 0 Å². The fourth-order valence-electron chi connectivity index (χ4n) is 3.41. The molecule has 1 saturated heterocycles. The van der Waals surface area contributed by atoms with Crippen LogP contribution >= 0.6 is 11.6 Å². The number of hydrogen-bond donors (Lipinski definition) is 1. The summed E-state index contributed by atoms with van der Waals surface area (Å²) in [5, 5.41) is 11.0. The van der Waals surface area contributed by atoms with Gasteiger partial charge < -0.3 is 10.0 Å². The molecule has 1 heterocycles. The third-order valence-corrected chi connectivity index (χ3v) is 5.14. The van der Waals surface area contributed by atoms with E-state index in [1.807, 2.05) is 18.2 Å². The number of rotatable bonds is 10. The Balaban J connectivity index is 1.60. The summed E-state index contributed by atoms with van der Waals surface area (Å²) in [5.41, 5.74) is 1.20. The number of piperazine rings is 1. The molecule has 2 rings (SSSR count). The molecule has 0 amide bonds. The topological polar surface area (TPSA) is 26.7 Å². The lowest BCUT2D eigenvalue weighted by atomic mass is 10.1. The Morgan fingerprint density at radius 1 is 1.04 bits per heavy atom. The summed E-state index contributed by atoms with van der Waals surface area (Å²) < 4.78 is 0. The Morgan fingerprint density at radius 2 is 1.75 bits per heavy atom. The van der Waals surface area contributed by atoms with Crippen LogP contribution in [0.3, 0.4) is 0 Å². The van der Waals surface area contributed by atoms with Crippen LogP contribution in [0.5, 0.6) is 0 Å². The van der Waals surface area contributed by atoms with Crippen LogP contribution in [0.15, 0.2) is 24.3 Å². The van der Waals surface area contributed by atoms with E-state index in [0.29, 0.717) is 0 Å². The molecule has 0 saturated carbocycles. The molecule has 1 fully saturated rings. The number of hydrogen-bond acceptors (Lipinski definition) is 3. The van der Waals surface area contributed by atoms with Gasteiger partial charge in [-0.25, -0.2) is 0 Å². The van der Waals surface area contributed by atoms with Gasteiger partial charge in [0, 0.05) is 43.4 Å². The maximum Gasteiger partial charge on any atom is 0.0667 e. The highest BCUT2D eigenvalue weighted by Gasteiger charge is 2.19. The minimum Gasteiger partial charge on any atom is -0.392 e. The van der Waals surface area contributed by atoms with Gasteiger partial charge in [0.1, 0.15) is 0 Å². The van der Waals surface area contributed by atoms with Gasteiger partial charge in [0.15, 0.2) is 0 Å². The van der Waals surface area contributed by atoms with Gasteiger partial charge in [-0.05, 0) is 24.6 Å². The number of nitrogens with zero attached hydrogens (tertiary/aromatic N) is 2. The molecule has 3 nitrogen and oxygen atoms in total. The highest BCUT2D eigenvalue weighted by atomic mass is 35.5. The Bertz CT molecular complexity index is 461. The standard InChI is InChI=1S/C20H33ClN2O/c1-2-3-4-5-6-7-11-20(24)17-22-12-14-23(15-13-22)19-10-8-9-18(21)16-19/h8-10,16,20,24H,2-7,11-15,17H2,1H3. The number of halogens is 1. The third-order valence-electron chi connectivity index (χ3n) is 4.91. The molecule has 1 aliphatic rings. The molecule has 24 heavy (non-hydrogen) atoms. The van der Waals surface area contributed by atoms with Gasteiger partial charge in [-0.1, -0.05) is 63.1 Å². The number of benzene rings is 1. The van der Waals surface area contributed by atoms with Crippen molar-refractivity contribution in [2.24, 2.45) is 0 Å². The lowest BCUT2D eigenvalue weighted by Crippen LogP contribution is -2.48. The predicted octanol–water partition coefficient (Wildman–Crippen LogP) is 4.57. The molecular formula is C20H33ClN2O. The van der Waals surface area contributed by atoms with Crippen molar-refractivity contribution in [1.29, 1.82) is 0 Å². The van der Waals surface area contributed by atoms with Crippen LogP contribution in [-0.4, -0.2) is 48.8 Å². The predicted molar refractivity (Wildman–Crippen MR) is 104 cm³/mol. The van der Waals surface area contributed by atoms with Gasteiger partial charge >= 0.3 is 0 Å². The van der Waals surface area contributed by atoms with E-state index in [2.05, 4.69) is 22.8 Å². The van der Waals surface area contributed by atoms with E-state index in [1.54, 1.807) is 0 Å². The number of aliphatic hydroxyl groups excluding tert-OH is 1. The van der Waals surface area contributed by atoms with Gasteiger partial charge in [-0.3, -0.25) is 4.90 Å². The van der Waals surface area contributed by atoms with Crippen LogP contribution in [0.1, 0.15) is 51.9 Å². The van der Waals surface area contributed by atoms with Crippen LogP contribution in [0.25, 0.3) is 0 Å². The van der Waals surface area contributed by atoms with Crippen molar-refractivity contribution in [2.45, 2.75) is 58.0 Å². The van der Waals surface area contributed by atoms with Crippen molar-refractivity contribution in [3.63, 3.8) is 0 Å². The van der Waals surface area contributed by atoms with Crippen molar-refractivity contribution in [2.75, 3.05) is 37.6 Å². The first-order chi connectivity index (χ1) is 11.7. The minimum absolute atomic E-state index is 0.172. The molecular weight excluding hydrogens is 320 g/mol. The second kappa shape index (κ2) is 11.0. The SMILES string of the molecule is CCCCCCCCC(O)CN1CCN(c2cccc(Cl)c2)CC1. The third kappa shape index (κ3) is 7.00. The van der Waals surface area contributed by atoms with E-state index in [4.69, 9.17) is 11.6 Å². The lowest BCUT2D eigenvalue weighted by Gasteiger charge is -2.37. The molecule has 1 aromatic carbocycles. The monoisotopic (exact) mass is 352 g/mol. The largest absolute Gasteiger partial charge is 0.392 e. The van der Waals surface area contributed by atoms with Crippen molar-refractivity contribution in [3.05, 3.63) is 29.3 Å². The van der Waals surface area contributed by atoms with Gasteiger partial charge in [-0.2, -0.15) is 0 Å². The minimum atomic E-state index is -0.172. The summed E-state index contributed by atoms with van der Waals surface area (Å²) in [5.74, 6) is 0. The molecule has 0 bridgehead atoms. The lowest BCUT2D eigenvalue weighted by molar-refractivity contribution is 0.0996. The van der Waals surface area contributed by atoms with Gasteiger partial charge in [-0.15, -0.1) is 0 Å². The zero-order valence-corrected chi connectivity index (χ0v) is 15.8. The Morgan fingerprint density at radius 3 is 2.46 bits per heavy atom. The molecule has 0 radical (unpaired) electrons. The molecule has 1 aliphatic heterocycles. The second-order valence-corrected chi connectivity index (χ2v) is 7.41. The van der Waals surface area contributed by atoms with Crippen molar-refractivity contribution >= 4 is 17.3 Å². The number of aliphatic hydroxyl groups is 1. The van der Waals surface area contributed by atoms with E-state index in [9.17, 15) is 5.11 Å². The van der Waals surface area contributed by atoms with Crippen LogP contribution in [0.2, 0.25) is 5.02 Å². The fraction of sp³-hybridized carbons (Fsp3) is 0.700. The molecule has 0 spiro atoms. The average molecular weight is 353 g/mol. The van der Waals surface area contributed by atoms with E-state index >= 15 is 0 Å². The zero-order chi connectivity index (χ0) is 17.2. The second-order valence-electron chi connectivity index (χ2n) is 6.98. The summed E-state index contributed by atoms with van der Waals surface area (Å²) in [4.78, 5) is 4.77. The molecule has 1 N–H and O–H groups in total. The van der Waals surface area contributed by atoms with Crippen LogP contribution in [-0.2, 0) is 0 Å². The van der Waals surface area contributed by atoms with E-state index in [-0.39, 0.29) is 6.10 Å². The summed E-state index contributed by atoms with van der Waals surface area (Å²) >= 11 is 6.08. The number of β-amino-alcohol motifs (C(OH)–C–C–N with tert-alkyl or cyclic N) is 1. The highest BCUT2D eigenvalue weighted by molar-refractivity contribution is 6.30. The summed E-state index contributed by atoms with van der Waals surface area (Å²) in [6.07, 6.45) is 8.50. The van der Waals surface area contributed by atoms with Crippen molar-refractivity contribution < 1.29 is 5.11 Å². The van der Waals surface area contributed by atoms with Crippen LogP contribution < -0.4 is 4.90 Å². The molecule has 4 heteroatoms. The maximum atomic E-state index is 10.3. The van der Waals surface area contributed by atoms with E-state index in [1.165, 1.54) is 37.8 Å². The summed E-state index contributed by atoms with van der Waals surface area (Å²) in [7, 11) is 0. The number of anilines is 1. The zero-order valence-electron chi connectivity index (χ0n) is 15.1. The van der Waals surface area contributed by atoms with Crippen molar-refractivity contribution in [1.82, 2.24) is 4.90 Å². The Hall–Kier alpha value is -0.770. The molecule has 0 aliphatic carbocycles. The normalized spacial score (nSPS) is 17.2. The van der Waals surface area contributed by atoms with E-state index < -0.39 is 0 Å². The first-order valence-electron chi connectivity index (χ1n) is 9.60. The number of unbranched alkanes of at least 4 members (excludes halogenated alkanes) is 5. The quantitative estimate of drug-likeness (QED) is 0.624. The molecule has 0 aromatic heterocycles. The van der Waals surface area contributed by atoms with Gasteiger partial charge in [0.05, 0.1) is 6.10 Å². The highest BCUT2D eigenvalue weighted by Crippen LogP contribution is 2.21. The Labute approximate surface area is 152 Å². The van der Waals surface area contributed by atoms with E-state index in [0.717, 1.165) is 50.6 Å². The smallest absolute Gasteiger partial charge is 0.0667 e. The average Bonchev–Trinajstić information content (AvgIpc) is 2.59. The van der Waals surface area contributed by atoms with Crippen LogP contribution in [0.4, 0.5) is 5.69 Å². The molecule has 1 aromatic rings.